The Morgan fingerprint density at radius 1 is 1.33 bits per heavy atom. The van der Waals surface area contributed by atoms with Crippen molar-refractivity contribution in [2.75, 3.05) is 11.9 Å². The van der Waals surface area contributed by atoms with Crippen molar-refractivity contribution in [3.63, 3.8) is 0 Å². The molecule has 1 aromatic carbocycles. The smallest absolute Gasteiger partial charge is 0.272 e. The van der Waals surface area contributed by atoms with E-state index in [0.29, 0.717) is 5.69 Å². The lowest BCUT2D eigenvalue weighted by molar-refractivity contribution is 0.102. The summed E-state index contributed by atoms with van der Waals surface area (Å²) in [5.41, 5.74) is 0.562. The standard InChI is InChI=1S/C13H14BrN3O3S/c1-2-16-21(19,20)12-6-4-3-5-10(12)17-13(18)11-7-9(14)8-15-11/h3-8,15-16H,2H2,1H3,(H,17,18). The van der Waals surface area contributed by atoms with Crippen molar-refractivity contribution in [2.24, 2.45) is 0 Å². The minimum Gasteiger partial charge on any atom is -0.356 e. The van der Waals surface area contributed by atoms with E-state index in [-0.39, 0.29) is 17.1 Å². The van der Waals surface area contributed by atoms with Crippen molar-refractivity contribution in [1.82, 2.24) is 9.71 Å². The molecule has 1 aromatic heterocycles. The molecule has 2 aromatic rings. The van der Waals surface area contributed by atoms with Crippen LogP contribution in [0.4, 0.5) is 5.69 Å². The van der Waals surface area contributed by atoms with E-state index < -0.39 is 15.9 Å². The van der Waals surface area contributed by atoms with Gasteiger partial charge in [-0.05, 0) is 34.1 Å². The van der Waals surface area contributed by atoms with Gasteiger partial charge in [0.2, 0.25) is 10.0 Å². The van der Waals surface area contributed by atoms with Crippen LogP contribution in [0.25, 0.3) is 0 Å². The second-order valence-electron chi connectivity index (χ2n) is 4.18. The van der Waals surface area contributed by atoms with Gasteiger partial charge in [0.05, 0.1) is 5.69 Å². The zero-order valence-corrected chi connectivity index (χ0v) is 13.6. The quantitative estimate of drug-likeness (QED) is 0.752. The average molecular weight is 372 g/mol. The summed E-state index contributed by atoms with van der Waals surface area (Å²) in [7, 11) is -3.65. The molecule has 0 radical (unpaired) electrons. The number of hydrogen-bond donors (Lipinski definition) is 3. The third kappa shape index (κ3) is 3.72. The van der Waals surface area contributed by atoms with Crippen LogP contribution in [0.2, 0.25) is 0 Å². The molecule has 21 heavy (non-hydrogen) atoms. The van der Waals surface area contributed by atoms with Gasteiger partial charge in [0.1, 0.15) is 10.6 Å². The lowest BCUT2D eigenvalue weighted by atomic mass is 10.3. The number of amides is 1. The van der Waals surface area contributed by atoms with Crippen LogP contribution in [0.3, 0.4) is 0 Å². The molecule has 6 nitrogen and oxygen atoms in total. The number of aromatic amines is 1. The molecule has 1 amide bonds. The van der Waals surface area contributed by atoms with Gasteiger partial charge < -0.3 is 10.3 Å². The van der Waals surface area contributed by atoms with Gasteiger partial charge >= 0.3 is 0 Å². The van der Waals surface area contributed by atoms with E-state index in [0.717, 1.165) is 4.47 Å². The summed E-state index contributed by atoms with van der Waals surface area (Å²) in [5.74, 6) is -0.417. The highest BCUT2D eigenvalue weighted by atomic mass is 79.9. The molecular formula is C13H14BrN3O3S. The number of para-hydroxylation sites is 1. The van der Waals surface area contributed by atoms with E-state index in [2.05, 4.69) is 31.0 Å². The summed E-state index contributed by atoms with van der Waals surface area (Å²) in [6.07, 6.45) is 1.62. The Labute approximate surface area is 131 Å². The number of aromatic nitrogens is 1. The number of benzene rings is 1. The molecule has 0 aliphatic heterocycles. The van der Waals surface area contributed by atoms with Crippen molar-refractivity contribution in [1.29, 1.82) is 0 Å². The Morgan fingerprint density at radius 3 is 2.67 bits per heavy atom. The van der Waals surface area contributed by atoms with Crippen LogP contribution in [-0.4, -0.2) is 25.9 Å². The summed E-state index contributed by atoms with van der Waals surface area (Å²) < 4.78 is 27.3. The maximum atomic E-state index is 12.1. The Balaban J connectivity index is 2.31. The second kappa shape index (κ2) is 6.42. The van der Waals surface area contributed by atoms with Crippen molar-refractivity contribution >= 4 is 37.5 Å². The van der Waals surface area contributed by atoms with E-state index in [1.807, 2.05) is 0 Å². The molecule has 0 fully saturated rings. The summed E-state index contributed by atoms with van der Waals surface area (Å²) in [6, 6.07) is 7.85. The van der Waals surface area contributed by atoms with Gasteiger partial charge in [-0.15, -0.1) is 0 Å². The molecule has 0 bridgehead atoms. The van der Waals surface area contributed by atoms with Gasteiger partial charge in [-0.3, -0.25) is 4.79 Å². The maximum absolute atomic E-state index is 12.1. The van der Waals surface area contributed by atoms with Gasteiger partial charge in [0.15, 0.2) is 0 Å². The minimum atomic E-state index is -3.65. The van der Waals surface area contributed by atoms with Crippen LogP contribution < -0.4 is 10.0 Å². The van der Waals surface area contributed by atoms with Gasteiger partial charge in [0.25, 0.3) is 5.91 Å². The molecule has 1 heterocycles. The number of rotatable bonds is 5. The lowest BCUT2D eigenvalue weighted by Gasteiger charge is -2.11. The largest absolute Gasteiger partial charge is 0.356 e. The van der Waals surface area contributed by atoms with Gasteiger partial charge in [-0.2, -0.15) is 0 Å². The van der Waals surface area contributed by atoms with Crippen molar-refractivity contribution in [2.45, 2.75) is 11.8 Å². The topological polar surface area (TPSA) is 91.1 Å². The van der Waals surface area contributed by atoms with E-state index in [9.17, 15) is 13.2 Å². The van der Waals surface area contributed by atoms with Crippen LogP contribution in [0, 0.1) is 0 Å². The highest BCUT2D eigenvalue weighted by molar-refractivity contribution is 9.10. The third-order valence-electron chi connectivity index (χ3n) is 2.65. The zero-order valence-electron chi connectivity index (χ0n) is 11.2. The first-order chi connectivity index (χ1) is 9.94. The number of carbonyl (C=O) groups excluding carboxylic acids is 1. The van der Waals surface area contributed by atoms with Crippen molar-refractivity contribution < 1.29 is 13.2 Å². The number of anilines is 1. The fourth-order valence-corrected chi connectivity index (χ4v) is 3.31. The van der Waals surface area contributed by atoms with Gasteiger partial charge in [-0.25, -0.2) is 13.1 Å². The lowest BCUT2D eigenvalue weighted by Crippen LogP contribution is -2.25. The fraction of sp³-hybridized carbons (Fsp3) is 0.154. The summed E-state index contributed by atoms with van der Waals surface area (Å²) in [4.78, 5) is 14.9. The molecular weight excluding hydrogens is 358 g/mol. The molecule has 0 spiro atoms. The molecule has 0 saturated heterocycles. The fourth-order valence-electron chi connectivity index (χ4n) is 1.76. The summed E-state index contributed by atoms with van der Waals surface area (Å²) in [5, 5.41) is 2.59. The first kappa shape index (κ1) is 15.7. The average Bonchev–Trinajstić information content (AvgIpc) is 2.86. The zero-order chi connectivity index (χ0) is 15.5. The Bertz CT molecular complexity index is 756. The second-order valence-corrected chi connectivity index (χ2v) is 6.83. The van der Waals surface area contributed by atoms with E-state index >= 15 is 0 Å². The number of halogens is 1. The van der Waals surface area contributed by atoms with E-state index in [4.69, 9.17) is 0 Å². The van der Waals surface area contributed by atoms with Gasteiger partial charge in [-0.1, -0.05) is 19.1 Å². The van der Waals surface area contributed by atoms with E-state index in [1.165, 1.54) is 6.07 Å². The molecule has 8 heteroatoms. The number of H-pyrrole nitrogens is 1. The predicted molar refractivity (Wildman–Crippen MR) is 83.8 cm³/mol. The van der Waals surface area contributed by atoms with Crippen molar-refractivity contribution in [3.05, 3.63) is 46.7 Å². The molecule has 3 N–H and O–H groups in total. The number of carbonyl (C=O) groups is 1. The van der Waals surface area contributed by atoms with Crippen LogP contribution in [0.1, 0.15) is 17.4 Å². The van der Waals surface area contributed by atoms with E-state index in [1.54, 1.807) is 37.4 Å². The molecule has 0 saturated carbocycles. The van der Waals surface area contributed by atoms with Crippen molar-refractivity contribution in [3.8, 4) is 0 Å². The SMILES string of the molecule is CCNS(=O)(=O)c1ccccc1NC(=O)c1cc(Br)c[nH]1. The normalized spacial score (nSPS) is 11.3. The highest BCUT2D eigenvalue weighted by Gasteiger charge is 2.19. The molecule has 2 rings (SSSR count). The predicted octanol–water partition coefficient (Wildman–Crippen LogP) is 2.33. The number of nitrogens with one attached hydrogen (secondary N) is 3. The van der Waals surface area contributed by atoms with Gasteiger partial charge in [0, 0.05) is 17.2 Å². The highest BCUT2D eigenvalue weighted by Crippen LogP contribution is 2.21. The molecule has 0 atom stereocenters. The summed E-state index contributed by atoms with van der Waals surface area (Å²) in [6.45, 7) is 1.96. The van der Waals surface area contributed by atoms with Crippen LogP contribution in [0.5, 0.6) is 0 Å². The number of sulfonamides is 1. The molecule has 0 aliphatic rings. The Morgan fingerprint density at radius 2 is 2.05 bits per heavy atom. The maximum Gasteiger partial charge on any atom is 0.272 e. The third-order valence-corrected chi connectivity index (χ3v) is 4.71. The number of hydrogen-bond acceptors (Lipinski definition) is 3. The monoisotopic (exact) mass is 371 g/mol. The van der Waals surface area contributed by atoms with Crippen LogP contribution in [-0.2, 0) is 10.0 Å². The van der Waals surface area contributed by atoms with Crippen LogP contribution >= 0.6 is 15.9 Å². The molecule has 0 unspecified atom stereocenters. The Kier molecular flexibility index (Phi) is 4.81. The molecule has 112 valence electrons. The minimum absolute atomic E-state index is 0.0332. The summed E-state index contributed by atoms with van der Waals surface area (Å²) >= 11 is 3.24. The molecule has 0 aliphatic carbocycles. The first-order valence-electron chi connectivity index (χ1n) is 6.18. The van der Waals surface area contributed by atoms with Crippen LogP contribution in [0.15, 0.2) is 45.9 Å². The first-order valence-corrected chi connectivity index (χ1v) is 8.45. The Hall–Kier alpha value is -1.64.